The Balaban J connectivity index is 1.30. The van der Waals surface area contributed by atoms with E-state index in [0.29, 0.717) is 44.8 Å². The second-order valence-electron chi connectivity index (χ2n) is 9.97. The van der Waals surface area contributed by atoms with Crippen molar-refractivity contribution in [3.8, 4) is 12.1 Å². The van der Waals surface area contributed by atoms with Crippen molar-refractivity contribution in [2.45, 2.75) is 50.9 Å². The summed E-state index contributed by atoms with van der Waals surface area (Å²) in [5, 5.41) is 12.9. The zero-order valence-electron chi connectivity index (χ0n) is 21.4. The van der Waals surface area contributed by atoms with Gasteiger partial charge < -0.3 is 29.5 Å². The minimum atomic E-state index is -0.387. The Morgan fingerprint density at radius 2 is 2.05 bits per heavy atom. The molecule has 0 spiro atoms. The third-order valence-corrected chi connectivity index (χ3v) is 7.52. The third kappa shape index (κ3) is 5.95. The Morgan fingerprint density at radius 3 is 2.84 bits per heavy atom. The van der Waals surface area contributed by atoms with Crippen LogP contribution in [-0.2, 0) is 24.3 Å². The van der Waals surface area contributed by atoms with Crippen LogP contribution in [0, 0.1) is 11.3 Å². The largest absolute Gasteiger partial charge is 0.462 e. The summed E-state index contributed by atoms with van der Waals surface area (Å²) in [5.41, 5.74) is 3.02. The number of hydrogen-bond donors (Lipinski definition) is 1. The fourth-order valence-corrected chi connectivity index (χ4v) is 5.37. The Kier molecular flexibility index (Phi) is 8.02. The first-order chi connectivity index (χ1) is 18.1. The molecule has 196 valence electrons. The summed E-state index contributed by atoms with van der Waals surface area (Å²) in [5.74, 6) is 0.863. The third-order valence-electron chi connectivity index (χ3n) is 7.52. The highest BCUT2D eigenvalue weighted by atomic mass is 16.6. The van der Waals surface area contributed by atoms with Gasteiger partial charge in [0.05, 0.1) is 24.2 Å². The number of carbonyl (C=O) groups excluding carboxylic acids is 1. The Labute approximate surface area is 218 Å². The smallest absolute Gasteiger partial charge is 0.410 e. The molecule has 0 aliphatic carbocycles. The molecule has 4 heterocycles. The van der Waals surface area contributed by atoms with Crippen LogP contribution in [0.3, 0.4) is 0 Å². The van der Waals surface area contributed by atoms with Crippen molar-refractivity contribution in [2.75, 3.05) is 51.3 Å². The number of piperazine rings is 1. The van der Waals surface area contributed by atoms with Gasteiger partial charge in [0.1, 0.15) is 19.0 Å². The van der Waals surface area contributed by atoms with E-state index in [9.17, 15) is 10.1 Å². The van der Waals surface area contributed by atoms with Crippen molar-refractivity contribution in [3.63, 3.8) is 0 Å². The predicted octanol–water partition coefficient (Wildman–Crippen LogP) is 2.34. The lowest BCUT2D eigenvalue weighted by Gasteiger charge is -2.41. The maximum atomic E-state index is 12.9. The number of rotatable bonds is 7. The standard InChI is InChI=1S/C27H35N7O3/c1-32-13-5-8-22(32)19-36-26-30-24-16-29-12-10-23(24)25(31-26)33-14-15-34(21(17-33)9-11-28)27(35)37-18-20-6-3-2-4-7-20/h2-4,6-7,21-22,29H,5,8-10,12-19H2,1H3/t21-,22-/m0/s1/i1+1. The molecule has 0 bridgehead atoms. The predicted molar refractivity (Wildman–Crippen MR) is 138 cm³/mol. The second kappa shape index (κ2) is 11.8. The van der Waals surface area contributed by atoms with Crippen LogP contribution in [-0.4, -0.2) is 84.3 Å². The van der Waals surface area contributed by atoms with Crippen LogP contribution in [0.25, 0.3) is 0 Å². The molecule has 2 atom stereocenters. The number of fused-ring (bicyclic) bond motifs is 1. The van der Waals surface area contributed by atoms with Gasteiger partial charge in [0, 0.05) is 37.8 Å². The number of nitrogens with one attached hydrogen (secondary N) is 1. The number of aromatic nitrogens is 2. The fourth-order valence-electron chi connectivity index (χ4n) is 5.37. The number of likely N-dealkylation sites (N-methyl/N-ethyl adjacent to an activating group) is 1. The molecular formula is C27H35N7O3. The van der Waals surface area contributed by atoms with E-state index >= 15 is 0 Å². The Hall–Kier alpha value is -3.42. The number of ether oxygens (including phenoxy) is 2. The molecule has 1 aromatic heterocycles. The zero-order valence-corrected chi connectivity index (χ0v) is 21.4. The van der Waals surface area contributed by atoms with Crippen LogP contribution >= 0.6 is 0 Å². The van der Waals surface area contributed by atoms with Crippen LogP contribution in [0.5, 0.6) is 6.01 Å². The molecule has 2 saturated heterocycles. The van der Waals surface area contributed by atoms with Gasteiger partial charge in [0.2, 0.25) is 0 Å². The van der Waals surface area contributed by atoms with E-state index in [0.717, 1.165) is 48.6 Å². The number of anilines is 1. The van der Waals surface area contributed by atoms with Gasteiger partial charge in [-0.25, -0.2) is 4.79 Å². The number of nitrogens with zero attached hydrogens (tertiary/aromatic N) is 6. The number of benzene rings is 1. The average Bonchev–Trinajstić information content (AvgIpc) is 3.35. The van der Waals surface area contributed by atoms with Crippen LogP contribution in [0.15, 0.2) is 30.3 Å². The SMILES string of the molecule is [13CH3]N1CCC[C@H]1COc1nc2c(c(N3CCN(C(=O)OCc4ccccc4)[C@@H](CC#N)C3)n1)CCNC2. The van der Waals surface area contributed by atoms with Crippen molar-refractivity contribution in [1.82, 2.24) is 25.1 Å². The van der Waals surface area contributed by atoms with Crippen LogP contribution in [0.4, 0.5) is 10.6 Å². The van der Waals surface area contributed by atoms with Gasteiger partial charge in [0.15, 0.2) is 0 Å². The summed E-state index contributed by atoms with van der Waals surface area (Å²) in [6, 6.07) is 12.4. The highest BCUT2D eigenvalue weighted by molar-refractivity contribution is 5.69. The molecule has 10 heteroatoms. The van der Waals surface area contributed by atoms with Crippen LogP contribution < -0.4 is 15.0 Å². The molecule has 3 aliphatic rings. The van der Waals surface area contributed by atoms with Gasteiger partial charge in [-0.15, -0.1) is 0 Å². The summed E-state index contributed by atoms with van der Waals surface area (Å²) in [6.45, 7) is 4.98. The fraction of sp³-hybridized carbons (Fsp3) is 0.556. The van der Waals surface area contributed by atoms with Gasteiger partial charge in [0.25, 0.3) is 0 Å². The van der Waals surface area contributed by atoms with Gasteiger partial charge in [-0.2, -0.15) is 15.2 Å². The minimum Gasteiger partial charge on any atom is -0.462 e. The molecule has 5 rings (SSSR count). The minimum absolute atomic E-state index is 0.211. The highest BCUT2D eigenvalue weighted by Gasteiger charge is 2.34. The molecular weight excluding hydrogens is 471 g/mol. The van der Waals surface area contributed by atoms with Gasteiger partial charge in [-0.3, -0.25) is 0 Å². The van der Waals surface area contributed by atoms with Gasteiger partial charge >= 0.3 is 12.1 Å². The van der Waals surface area contributed by atoms with Crippen molar-refractivity contribution in [1.29, 1.82) is 5.26 Å². The lowest BCUT2D eigenvalue weighted by atomic mass is 10.0. The lowest BCUT2D eigenvalue weighted by Crippen LogP contribution is -2.55. The molecule has 0 unspecified atom stereocenters. The summed E-state index contributed by atoms with van der Waals surface area (Å²) in [4.78, 5) is 28.7. The molecule has 37 heavy (non-hydrogen) atoms. The Morgan fingerprint density at radius 1 is 1.19 bits per heavy atom. The summed E-state index contributed by atoms with van der Waals surface area (Å²) in [7, 11) is 2.13. The molecule has 1 aromatic carbocycles. The second-order valence-corrected chi connectivity index (χ2v) is 9.97. The number of amides is 1. The molecule has 1 amide bonds. The maximum Gasteiger partial charge on any atom is 0.410 e. The van der Waals surface area contributed by atoms with E-state index in [1.807, 2.05) is 30.3 Å². The summed E-state index contributed by atoms with van der Waals surface area (Å²) in [6.07, 6.45) is 2.97. The molecule has 0 radical (unpaired) electrons. The first-order valence-corrected chi connectivity index (χ1v) is 13.1. The van der Waals surface area contributed by atoms with Crippen molar-refractivity contribution >= 4 is 11.9 Å². The number of nitriles is 1. The topological polar surface area (TPSA) is 107 Å². The Bertz CT molecular complexity index is 1120. The van der Waals surface area contributed by atoms with E-state index in [1.54, 1.807) is 4.90 Å². The van der Waals surface area contributed by atoms with Crippen molar-refractivity contribution < 1.29 is 14.3 Å². The van der Waals surface area contributed by atoms with E-state index in [1.165, 1.54) is 6.42 Å². The van der Waals surface area contributed by atoms with E-state index in [2.05, 4.69) is 28.2 Å². The monoisotopic (exact) mass is 506 g/mol. The van der Waals surface area contributed by atoms with E-state index < -0.39 is 0 Å². The summed E-state index contributed by atoms with van der Waals surface area (Å²) < 4.78 is 11.7. The zero-order chi connectivity index (χ0) is 25.6. The maximum absolute atomic E-state index is 12.9. The first kappa shape index (κ1) is 25.2. The lowest BCUT2D eigenvalue weighted by molar-refractivity contribution is 0.0767. The molecule has 2 fully saturated rings. The number of hydrogen-bond acceptors (Lipinski definition) is 9. The van der Waals surface area contributed by atoms with Crippen molar-refractivity contribution in [3.05, 3.63) is 47.2 Å². The van der Waals surface area contributed by atoms with Gasteiger partial charge in [-0.05, 0) is 45.0 Å². The number of likely N-dealkylation sites (tertiary alicyclic amines) is 1. The van der Waals surface area contributed by atoms with E-state index in [-0.39, 0.29) is 25.2 Å². The molecule has 10 nitrogen and oxygen atoms in total. The average molecular weight is 507 g/mol. The quantitative estimate of drug-likeness (QED) is 0.566. The summed E-state index contributed by atoms with van der Waals surface area (Å²) >= 11 is 0. The van der Waals surface area contributed by atoms with Crippen LogP contribution in [0.2, 0.25) is 0 Å². The molecule has 3 aliphatic heterocycles. The molecule has 1 N–H and O–H groups in total. The molecule has 2 aromatic rings. The molecule has 0 saturated carbocycles. The highest BCUT2D eigenvalue weighted by Crippen LogP contribution is 2.29. The van der Waals surface area contributed by atoms with Gasteiger partial charge in [-0.1, -0.05) is 30.3 Å². The van der Waals surface area contributed by atoms with E-state index in [4.69, 9.17) is 19.4 Å². The first-order valence-electron chi connectivity index (χ1n) is 13.1. The van der Waals surface area contributed by atoms with Crippen LogP contribution in [0.1, 0.15) is 36.1 Å². The number of carbonyl (C=O) groups is 1. The normalized spacial score (nSPS) is 21.8. The van der Waals surface area contributed by atoms with Crippen molar-refractivity contribution in [2.24, 2.45) is 0 Å².